The van der Waals surface area contributed by atoms with Crippen molar-refractivity contribution in [2.24, 2.45) is 40.4 Å². The van der Waals surface area contributed by atoms with Gasteiger partial charge in [-0.05, 0) is 69.6 Å². The minimum atomic E-state index is -0.675. The van der Waals surface area contributed by atoms with Crippen LogP contribution in [0.3, 0.4) is 0 Å². The molecule has 0 aromatic heterocycles. The molecule has 0 spiro atoms. The summed E-state index contributed by atoms with van der Waals surface area (Å²) in [5, 5.41) is 24.5. The van der Waals surface area contributed by atoms with Crippen molar-refractivity contribution in [2.45, 2.75) is 140 Å². The number of guanidine groups is 1. The molecule has 14 heteroatoms. The summed E-state index contributed by atoms with van der Waals surface area (Å²) in [6, 6.07) is 0.0230. The van der Waals surface area contributed by atoms with Gasteiger partial charge in [-0.15, -0.1) is 0 Å². The summed E-state index contributed by atoms with van der Waals surface area (Å²) in [5.41, 5.74) is 18.2. The third-order valence-corrected chi connectivity index (χ3v) is 13.9. The van der Waals surface area contributed by atoms with Crippen molar-refractivity contribution in [3.63, 3.8) is 0 Å². The molecule has 4 bridgehead atoms. The van der Waals surface area contributed by atoms with Crippen LogP contribution in [0.15, 0.2) is 0 Å². The molecule has 4 fully saturated rings. The van der Waals surface area contributed by atoms with E-state index in [-0.39, 0.29) is 59.5 Å². The van der Waals surface area contributed by atoms with Crippen molar-refractivity contribution in [3.8, 4) is 0 Å². The second-order valence-corrected chi connectivity index (χ2v) is 18.2. The Hall–Kier alpha value is -1.29. The van der Waals surface area contributed by atoms with E-state index in [1.165, 1.54) is 6.92 Å². The molecule has 0 aromatic carbocycles. The van der Waals surface area contributed by atoms with Gasteiger partial charge in [0, 0.05) is 69.2 Å². The maximum atomic E-state index is 13.9. The summed E-state index contributed by atoms with van der Waals surface area (Å²) in [7, 11) is 5.34. The molecule has 0 aromatic rings. The van der Waals surface area contributed by atoms with Gasteiger partial charge < -0.3 is 29.9 Å². The lowest BCUT2D eigenvalue weighted by molar-refractivity contribution is -0.699. The lowest BCUT2D eigenvalue weighted by atomic mass is 9.71. The minimum absolute atomic E-state index is 0.0230. The molecule has 49 heavy (non-hydrogen) atoms. The summed E-state index contributed by atoms with van der Waals surface area (Å²) in [4.78, 5) is 31.2. The quantitative estimate of drug-likeness (QED) is 0.0880. The zero-order valence-corrected chi connectivity index (χ0v) is 31.6. The fraction of sp³-hybridized carbons (Fsp3) is 0.914. The lowest BCUT2D eigenvalue weighted by Gasteiger charge is -2.41. The molecule has 3 heterocycles. The third-order valence-electron chi connectivity index (χ3n) is 11.3. The number of nitrogens with zero attached hydrogens (tertiary/aromatic N) is 1. The van der Waals surface area contributed by atoms with Gasteiger partial charge in [-0.2, -0.15) is 0 Å². The van der Waals surface area contributed by atoms with Crippen molar-refractivity contribution in [2.75, 3.05) is 38.2 Å². The summed E-state index contributed by atoms with van der Waals surface area (Å²) in [6.07, 6.45) is 10.7. The van der Waals surface area contributed by atoms with Crippen LogP contribution in [0.5, 0.6) is 0 Å². The number of ether oxygens (including phenoxy) is 2. The van der Waals surface area contributed by atoms with Gasteiger partial charge in [0.1, 0.15) is 12.3 Å². The van der Waals surface area contributed by atoms with Crippen LogP contribution in [0, 0.1) is 23.2 Å². The number of rotatable bonds is 5. The zero-order valence-electron chi connectivity index (χ0n) is 29.9. The Labute approximate surface area is 301 Å². The van der Waals surface area contributed by atoms with Crippen LogP contribution in [0.25, 0.3) is 0 Å². The number of amides is 1. The molecule has 10 atom stereocenters. The fourth-order valence-electron chi connectivity index (χ4n) is 9.12. The Balaban J connectivity index is 1.56. The fourth-order valence-corrected chi connectivity index (χ4v) is 11.5. The molecule has 3 aliphatic heterocycles. The Morgan fingerprint density at radius 1 is 1.06 bits per heavy atom. The molecule has 282 valence electrons. The van der Waals surface area contributed by atoms with E-state index < -0.39 is 12.2 Å². The maximum Gasteiger partial charge on any atom is 0.339 e. The van der Waals surface area contributed by atoms with Crippen molar-refractivity contribution in [3.05, 3.63) is 0 Å². The Kier molecular flexibility index (Phi) is 16.6. The van der Waals surface area contributed by atoms with E-state index in [0.29, 0.717) is 51.1 Å². The SMILES string of the molecule is COC1CC2CC[C@H](OC(C)=O)C[C@@H](O)CCCCCCSSC[C@@H]([NH+]=C(N)N)C[C@]3(CC4CC[NH2+]C(N)C4)CC(=O)N(CC(C2)C1O)C3. The van der Waals surface area contributed by atoms with Crippen LogP contribution >= 0.6 is 21.6 Å². The molecule has 1 aliphatic carbocycles. The second kappa shape index (κ2) is 20.1. The molecule has 6 unspecified atom stereocenters. The third kappa shape index (κ3) is 13.3. The number of nitrogens with two attached hydrogens (primary N) is 4. The first kappa shape index (κ1) is 40.5. The molecular weight excluding hydrogens is 665 g/mol. The lowest BCUT2D eigenvalue weighted by Crippen LogP contribution is -2.94. The maximum absolute atomic E-state index is 13.9. The van der Waals surface area contributed by atoms with Crippen LogP contribution in [-0.2, 0) is 19.1 Å². The Morgan fingerprint density at radius 2 is 1.86 bits per heavy atom. The predicted octanol–water partition coefficient (Wildman–Crippen LogP) is 0.177. The first-order valence-electron chi connectivity index (χ1n) is 18.8. The molecular formula is C35H66N6O6S2+2. The first-order valence-corrected chi connectivity index (χ1v) is 21.3. The highest BCUT2D eigenvalue weighted by atomic mass is 33.1. The monoisotopic (exact) mass is 730 g/mol. The van der Waals surface area contributed by atoms with Crippen LogP contribution in [0.1, 0.15) is 103 Å². The van der Waals surface area contributed by atoms with Gasteiger partial charge in [-0.3, -0.25) is 31.8 Å². The van der Waals surface area contributed by atoms with E-state index in [9.17, 15) is 19.8 Å². The van der Waals surface area contributed by atoms with E-state index in [1.54, 1.807) is 7.11 Å². The normalized spacial score (nSPS) is 38.0. The highest BCUT2D eigenvalue weighted by Gasteiger charge is 2.48. The van der Waals surface area contributed by atoms with Gasteiger partial charge in [0.25, 0.3) is 0 Å². The number of hydrogen-bond acceptors (Lipinski definition) is 9. The number of aliphatic hydroxyl groups is 2. The zero-order chi connectivity index (χ0) is 35.4. The highest BCUT2D eigenvalue weighted by molar-refractivity contribution is 8.76. The van der Waals surface area contributed by atoms with Gasteiger partial charge >= 0.3 is 11.9 Å². The van der Waals surface area contributed by atoms with Crippen molar-refractivity contribution < 1.29 is 39.6 Å². The van der Waals surface area contributed by atoms with E-state index in [1.807, 2.05) is 26.5 Å². The highest BCUT2D eigenvalue weighted by Crippen LogP contribution is 2.45. The van der Waals surface area contributed by atoms with E-state index in [4.69, 9.17) is 26.7 Å². The van der Waals surface area contributed by atoms with Gasteiger partial charge in [0.15, 0.2) is 0 Å². The Morgan fingerprint density at radius 3 is 2.59 bits per heavy atom. The molecule has 1 amide bonds. The number of aliphatic hydroxyl groups excluding tert-OH is 2. The van der Waals surface area contributed by atoms with Crippen LogP contribution in [0.2, 0.25) is 0 Å². The number of methoxy groups -OCH3 is 1. The number of quaternary nitrogens is 1. The average Bonchev–Trinajstić information content (AvgIpc) is 3.32. The van der Waals surface area contributed by atoms with Crippen LogP contribution in [-0.4, -0.2) is 108 Å². The predicted molar refractivity (Wildman–Crippen MR) is 195 cm³/mol. The van der Waals surface area contributed by atoms with E-state index >= 15 is 0 Å². The van der Waals surface area contributed by atoms with E-state index in [0.717, 1.165) is 82.3 Å². The largest absolute Gasteiger partial charge is 0.462 e. The topological polar surface area (TPSA) is 205 Å². The van der Waals surface area contributed by atoms with E-state index in [2.05, 4.69) is 10.3 Å². The number of carbonyl (C=O) groups excluding carboxylic acids is 2. The summed E-state index contributed by atoms with van der Waals surface area (Å²) >= 11 is 0. The number of fused-ring (bicyclic) bond motifs is 4. The van der Waals surface area contributed by atoms with Gasteiger partial charge in [0.2, 0.25) is 5.91 Å². The van der Waals surface area contributed by atoms with Crippen LogP contribution in [0.4, 0.5) is 0 Å². The number of piperidine rings is 1. The molecule has 4 rings (SSSR count). The minimum Gasteiger partial charge on any atom is -0.462 e. The Bertz CT molecular complexity index is 1070. The van der Waals surface area contributed by atoms with Crippen LogP contribution < -0.4 is 27.5 Å². The second-order valence-electron chi connectivity index (χ2n) is 15.6. The number of nitrogens with one attached hydrogen (secondary N) is 1. The van der Waals surface area contributed by atoms with Crippen molar-refractivity contribution >= 4 is 39.4 Å². The van der Waals surface area contributed by atoms with Gasteiger partial charge in [-0.25, -0.2) is 0 Å². The van der Waals surface area contributed by atoms with Gasteiger partial charge in [0.05, 0.1) is 30.9 Å². The van der Waals surface area contributed by atoms with Crippen molar-refractivity contribution in [1.82, 2.24) is 4.90 Å². The molecule has 12 nitrogen and oxygen atoms in total. The number of carbonyl (C=O) groups is 2. The molecule has 3 saturated heterocycles. The molecule has 11 N–H and O–H groups in total. The smallest absolute Gasteiger partial charge is 0.339 e. The van der Waals surface area contributed by atoms with Crippen molar-refractivity contribution in [1.29, 1.82) is 0 Å². The standard InChI is InChI=1S/C35H64N6O6S2/c1-23(42)47-29-9-8-24-13-26(33(45)30(14-24)46-2)20-41-22-35(19-32(41)44,17-25-10-11-39-31(36)15-25)18-27(40-34(37)38)21-49-48-12-6-4-3-5-7-28(43)16-29/h24-31,33,39,43,45H,3-22,36H2,1-2H3,(H4,37,38,40)/p+2/t24?,25?,26?,27-,28-,29-,30?,31?,33?,35+/m0/s1. The average molecular weight is 731 g/mol. The molecule has 0 radical (unpaired) electrons. The van der Waals surface area contributed by atoms with Gasteiger partial charge in [-0.1, -0.05) is 40.9 Å². The summed E-state index contributed by atoms with van der Waals surface area (Å²) in [5.74, 6) is 2.44. The number of esters is 1. The number of hydrogen-bond donors (Lipinski definition) is 7. The molecule has 1 saturated carbocycles. The first-order chi connectivity index (χ1) is 23.4. The summed E-state index contributed by atoms with van der Waals surface area (Å²) in [6.45, 7) is 3.55. The summed E-state index contributed by atoms with van der Waals surface area (Å²) < 4.78 is 11.5. The molecule has 4 aliphatic rings.